The smallest absolute Gasteiger partial charge is 0.332 e. The van der Waals surface area contributed by atoms with E-state index in [9.17, 15) is 9.59 Å². The summed E-state index contributed by atoms with van der Waals surface area (Å²) in [7, 11) is 2.86. The van der Waals surface area contributed by atoms with Crippen LogP contribution < -0.4 is 11.2 Å². The van der Waals surface area contributed by atoms with Gasteiger partial charge in [0, 0.05) is 14.1 Å². The molecule has 8 heteroatoms. The minimum Gasteiger partial charge on any atom is -0.368 e. The van der Waals surface area contributed by atoms with Crippen molar-refractivity contribution in [1.29, 1.82) is 0 Å². The number of imidazole rings is 1. The van der Waals surface area contributed by atoms with Gasteiger partial charge in [0.05, 0.1) is 6.42 Å². The Kier molecular flexibility index (Phi) is 2.60. The van der Waals surface area contributed by atoms with Crippen molar-refractivity contribution in [2.45, 2.75) is 12.7 Å². The summed E-state index contributed by atoms with van der Waals surface area (Å²) in [6.45, 7) is 0. The highest BCUT2D eigenvalue weighted by Crippen LogP contribution is 2.05. The second-order valence-electron chi connectivity index (χ2n) is 3.77. The number of aromatic nitrogens is 4. The van der Waals surface area contributed by atoms with Gasteiger partial charge < -0.3 is 15.2 Å². The molecule has 0 fully saturated rings. The second-order valence-corrected chi connectivity index (χ2v) is 3.77. The van der Waals surface area contributed by atoms with Crippen molar-refractivity contribution in [3.63, 3.8) is 0 Å². The largest absolute Gasteiger partial charge is 0.368 e. The average Bonchev–Trinajstić information content (AvgIpc) is 2.66. The van der Waals surface area contributed by atoms with Crippen LogP contribution in [0.5, 0.6) is 0 Å². The summed E-state index contributed by atoms with van der Waals surface area (Å²) in [5.74, 6) is 0.244. The highest BCUT2D eigenvalue weighted by Gasteiger charge is 2.14. The normalized spacial score (nSPS) is 11.6. The molecule has 0 saturated carbocycles. The van der Waals surface area contributed by atoms with Gasteiger partial charge in [0.15, 0.2) is 11.9 Å². The van der Waals surface area contributed by atoms with Crippen LogP contribution in [0.2, 0.25) is 0 Å². The third-order valence-corrected chi connectivity index (χ3v) is 2.52. The van der Waals surface area contributed by atoms with E-state index in [1.54, 1.807) is 0 Å². The summed E-state index contributed by atoms with van der Waals surface area (Å²) < 4.78 is 2.18. The average molecular weight is 240 g/mol. The van der Waals surface area contributed by atoms with E-state index in [-0.39, 0.29) is 23.4 Å². The Bertz CT molecular complexity index is 679. The summed E-state index contributed by atoms with van der Waals surface area (Å²) in [6.07, 6.45) is -1.69. The summed E-state index contributed by atoms with van der Waals surface area (Å²) >= 11 is 0. The lowest BCUT2D eigenvalue weighted by Crippen LogP contribution is -2.36. The van der Waals surface area contributed by atoms with Crippen LogP contribution in [0.25, 0.3) is 11.2 Å². The first-order valence-corrected chi connectivity index (χ1v) is 4.92. The zero-order valence-corrected chi connectivity index (χ0v) is 9.34. The van der Waals surface area contributed by atoms with E-state index >= 15 is 0 Å². The molecule has 17 heavy (non-hydrogen) atoms. The lowest BCUT2D eigenvalue weighted by molar-refractivity contribution is -0.0393. The molecular formula is C9H12N4O4. The highest BCUT2D eigenvalue weighted by atomic mass is 16.5. The van der Waals surface area contributed by atoms with Crippen molar-refractivity contribution in [1.82, 2.24) is 19.1 Å². The Hall–Kier alpha value is -1.93. The second kappa shape index (κ2) is 3.82. The molecule has 2 rings (SSSR count). The summed E-state index contributed by atoms with van der Waals surface area (Å²) in [5, 5.41) is 17.6. The molecule has 2 heterocycles. The molecule has 0 saturated heterocycles. The maximum Gasteiger partial charge on any atom is 0.332 e. The molecule has 0 unspecified atom stereocenters. The van der Waals surface area contributed by atoms with Crippen LogP contribution in [0.1, 0.15) is 5.82 Å². The number of aliphatic hydroxyl groups excluding tert-OH is 1. The molecule has 8 nitrogen and oxygen atoms in total. The predicted octanol–water partition coefficient (Wildman–Crippen LogP) is -2.19. The van der Waals surface area contributed by atoms with E-state index in [1.165, 1.54) is 18.7 Å². The van der Waals surface area contributed by atoms with Gasteiger partial charge in [-0.15, -0.1) is 0 Å². The van der Waals surface area contributed by atoms with Gasteiger partial charge in [-0.25, -0.2) is 9.78 Å². The zero-order chi connectivity index (χ0) is 12.7. The molecule has 3 N–H and O–H groups in total. The summed E-state index contributed by atoms with van der Waals surface area (Å²) in [4.78, 5) is 30.0. The number of H-pyrrole nitrogens is 1. The van der Waals surface area contributed by atoms with E-state index in [4.69, 9.17) is 10.2 Å². The number of fused-ring (bicyclic) bond motifs is 1. The van der Waals surface area contributed by atoms with Crippen LogP contribution in [0.15, 0.2) is 9.59 Å². The predicted molar refractivity (Wildman–Crippen MR) is 58.5 cm³/mol. The van der Waals surface area contributed by atoms with E-state index in [1.807, 2.05) is 0 Å². The van der Waals surface area contributed by atoms with E-state index in [0.717, 1.165) is 4.57 Å². The standard InChI is InChI=1S/C9H12N4O4/c1-12-7-6(8(16)13(2)9(12)17)10-4(11-7)3-5(14)15/h5,14-15H,3H2,1-2H3,(H,10,11). The molecule has 0 radical (unpaired) electrons. The highest BCUT2D eigenvalue weighted by molar-refractivity contribution is 5.69. The van der Waals surface area contributed by atoms with E-state index in [0.29, 0.717) is 0 Å². The minimum absolute atomic E-state index is 0.133. The zero-order valence-electron chi connectivity index (χ0n) is 9.34. The van der Waals surface area contributed by atoms with Gasteiger partial charge in [0.1, 0.15) is 11.3 Å². The number of nitrogens with one attached hydrogen (secondary N) is 1. The molecular weight excluding hydrogens is 228 g/mol. The Labute approximate surface area is 94.8 Å². The molecule has 0 amide bonds. The minimum atomic E-state index is -1.56. The number of hydrogen-bond acceptors (Lipinski definition) is 5. The molecule has 0 spiro atoms. The maximum absolute atomic E-state index is 11.8. The first-order valence-electron chi connectivity index (χ1n) is 4.92. The third kappa shape index (κ3) is 1.77. The summed E-state index contributed by atoms with van der Waals surface area (Å²) in [6, 6.07) is 0. The van der Waals surface area contributed by atoms with Gasteiger partial charge in [-0.1, -0.05) is 0 Å². The topological polar surface area (TPSA) is 113 Å². The van der Waals surface area contributed by atoms with Crippen LogP contribution in [0.3, 0.4) is 0 Å². The Morgan fingerprint density at radius 1 is 1.29 bits per heavy atom. The Morgan fingerprint density at radius 2 is 1.94 bits per heavy atom. The first-order chi connectivity index (χ1) is 7.91. The van der Waals surface area contributed by atoms with Crippen molar-refractivity contribution in [3.05, 3.63) is 26.7 Å². The lowest BCUT2D eigenvalue weighted by Gasteiger charge is -2.00. The molecule has 0 bridgehead atoms. The fraction of sp³-hybridized carbons (Fsp3) is 0.444. The molecule has 92 valence electrons. The number of rotatable bonds is 2. The van der Waals surface area contributed by atoms with Crippen LogP contribution in [0.4, 0.5) is 0 Å². The van der Waals surface area contributed by atoms with Crippen molar-refractivity contribution < 1.29 is 10.2 Å². The fourth-order valence-corrected chi connectivity index (χ4v) is 1.64. The summed E-state index contributed by atoms with van der Waals surface area (Å²) in [5.41, 5.74) is -0.599. The Balaban J connectivity index is 2.77. The quantitative estimate of drug-likeness (QED) is 0.516. The molecule has 0 aliphatic heterocycles. The van der Waals surface area contributed by atoms with Crippen molar-refractivity contribution in [2.24, 2.45) is 14.1 Å². The van der Waals surface area contributed by atoms with Crippen molar-refractivity contribution >= 4 is 11.2 Å². The van der Waals surface area contributed by atoms with Crippen LogP contribution in [-0.2, 0) is 20.5 Å². The fourth-order valence-electron chi connectivity index (χ4n) is 1.64. The number of nitrogens with zero attached hydrogens (tertiary/aromatic N) is 3. The third-order valence-electron chi connectivity index (χ3n) is 2.52. The van der Waals surface area contributed by atoms with Gasteiger partial charge in [0.2, 0.25) is 0 Å². The van der Waals surface area contributed by atoms with Crippen LogP contribution >= 0.6 is 0 Å². The first kappa shape index (κ1) is 11.6. The number of aryl methyl sites for hydroxylation is 1. The van der Waals surface area contributed by atoms with Gasteiger partial charge in [-0.05, 0) is 0 Å². The van der Waals surface area contributed by atoms with E-state index < -0.39 is 17.5 Å². The Morgan fingerprint density at radius 3 is 2.53 bits per heavy atom. The SMILES string of the molecule is Cn1c(=O)c2[nH]c(CC(O)O)nc2n(C)c1=O. The molecule has 0 aromatic carbocycles. The van der Waals surface area contributed by atoms with Gasteiger partial charge >= 0.3 is 5.69 Å². The molecule has 0 aliphatic carbocycles. The number of aliphatic hydroxyl groups is 2. The number of aromatic amines is 1. The van der Waals surface area contributed by atoms with E-state index in [2.05, 4.69) is 9.97 Å². The van der Waals surface area contributed by atoms with Gasteiger partial charge in [-0.3, -0.25) is 13.9 Å². The lowest BCUT2D eigenvalue weighted by atomic mass is 10.4. The van der Waals surface area contributed by atoms with Crippen LogP contribution in [0, 0.1) is 0 Å². The van der Waals surface area contributed by atoms with Gasteiger partial charge in [-0.2, -0.15) is 0 Å². The molecule has 2 aromatic heterocycles. The molecule has 0 atom stereocenters. The monoisotopic (exact) mass is 240 g/mol. The molecule has 0 aliphatic rings. The van der Waals surface area contributed by atoms with Crippen molar-refractivity contribution in [2.75, 3.05) is 0 Å². The van der Waals surface area contributed by atoms with Gasteiger partial charge in [0.25, 0.3) is 5.56 Å². The maximum atomic E-state index is 11.8. The molecule has 2 aromatic rings. The van der Waals surface area contributed by atoms with Crippen LogP contribution in [-0.4, -0.2) is 35.6 Å². The number of hydrogen-bond donors (Lipinski definition) is 3. The van der Waals surface area contributed by atoms with Crippen molar-refractivity contribution in [3.8, 4) is 0 Å².